The van der Waals surface area contributed by atoms with Crippen molar-refractivity contribution in [1.82, 2.24) is 5.32 Å². The van der Waals surface area contributed by atoms with E-state index in [4.69, 9.17) is 5.11 Å². The van der Waals surface area contributed by atoms with Gasteiger partial charge >= 0.3 is 0 Å². The lowest BCUT2D eigenvalue weighted by molar-refractivity contribution is -0.116. The zero-order valence-electron chi connectivity index (χ0n) is 9.83. The van der Waals surface area contributed by atoms with Crippen molar-refractivity contribution in [2.75, 3.05) is 25.0 Å². The molecule has 0 spiro atoms. The predicted molar refractivity (Wildman–Crippen MR) is 67.1 cm³/mol. The third-order valence-electron chi connectivity index (χ3n) is 2.94. The van der Waals surface area contributed by atoms with Gasteiger partial charge in [-0.1, -0.05) is 12.1 Å². The van der Waals surface area contributed by atoms with Crippen molar-refractivity contribution < 1.29 is 9.90 Å². The fourth-order valence-corrected chi connectivity index (χ4v) is 2.03. The minimum absolute atomic E-state index is 0.106. The average Bonchev–Trinajstić information content (AvgIpc) is 2.35. The van der Waals surface area contributed by atoms with E-state index < -0.39 is 0 Å². The molecule has 0 bridgehead atoms. The molecule has 4 heteroatoms. The number of carbonyl (C=O) groups excluding carboxylic acids is 1. The smallest absolute Gasteiger partial charge is 0.224 e. The first-order valence-electron chi connectivity index (χ1n) is 6.03. The van der Waals surface area contributed by atoms with Crippen molar-refractivity contribution in [2.45, 2.75) is 19.3 Å². The first-order chi connectivity index (χ1) is 8.29. The number of aryl methyl sites for hydroxylation is 1. The number of hydrogen-bond acceptors (Lipinski definition) is 3. The fraction of sp³-hybridized carbons (Fsp3) is 0.462. The number of nitrogens with one attached hydrogen (secondary N) is 2. The van der Waals surface area contributed by atoms with E-state index in [1.807, 2.05) is 12.1 Å². The molecule has 0 unspecified atom stereocenters. The number of rotatable bonds is 5. The molecule has 0 fully saturated rings. The summed E-state index contributed by atoms with van der Waals surface area (Å²) in [6.07, 6.45) is 2.36. The fourth-order valence-electron chi connectivity index (χ4n) is 2.03. The van der Waals surface area contributed by atoms with Crippen LogP contribution < -0.4 is 10.6 Å². The van der Waals surface area contributed by atoms with Crippen molar-refractivity contribution in [3.05, 3.63) is 29.3 Å². The second-order valence-corrected chi connectivity index (χ2v) is 4.26. The number of amides is 1. The SMILES string of the molecule is O=C1CCc2cc(CCNCCO)ccc2N1. The number of carbonyl (C=O) groups is 1. The van der Waals surface area contributed by atoms with Gasteiger partial charge < -0.3 is 15.7 Å². The first kappa shape index (κ1) is 12.1. The van der Waals surface area contributed by atoms with Crippen LogP contribution in [0.4, 0.5) is 5.69 Å². The van der Waals surface area contributed by atoms with Gasteiger partial charge in [-0.2, -0.15) is 0 Å². The Kier molecular flexibility index (Phi) is 4.12. The molecule has 0 saturated heterocycles. The molecule has 1 aliphatic heterocycles. The maximum atomic E-state index is 11.2. The lowest BCUT2D eigenvalue weighted by Crippen LogP contribution is -2.21. The highest BCUT2D eigenvalue weighted by molar-refractivity contribution is 5.93. The van der Waals surface area contributed by atoms with E-state index in [9.17, 15) is 4.79 Å². The second-order valence-electron chi connectivity index (χ2n) is 4.26. The van der Waals surface area contributed by atoms with Gasteiger partial charge in [0, 0.05) is 18.7 Å². The van der Waals surface area contributed by atoms with Crippen LogP contribution >= 0.6 is 0 Å². The summed E-state index contributed by atoms with van der Waals surface area (Å²) in [6, 6.07) is 6.19. The molecule has 4 nitrogen and oxygen atoms in total. The Bertz CT molecular complexity index is 404. The van der Waals surface area contributed by atoms with Crippen LogP contribution in [0.5, 0.6) is 0 Å². The summed E-state index contributed by atoms with van der Waals surface area (Å²) < 4.78 is 0. The van der Waals surface area contributed by atoms with E-state index in [-0.39, 0.29) is 12.5 Å². The summed E-state index contributed by atoms with van der Waals surface area (Å²) in [5, 5.41) is 14.7. The van der Waals surface area contributed by atoms with Gasteiger partial charge in [-0.15, -0.1) is 0 Å². The number of aliphatic hydroxyl groups excluding tert-OH is 1. The van der Waals surface area contributed by atoms with Gasteiger partial charge in [-0.05, 0) is 36.6 Å². The molecule has 0 aromatic heterocycles. The average molecular weight is 234 g/mol. The standard InChI is InChI=1S/C13H18N2O2/c16-8-7-14-6-5-10-1-3-12-11(9-10)2-4-13(17)15-12/h1,3,9,14,16H,2,4-8H2,(H,15,17). The van der Waals surface area contributed by atoms with Gasteiger partial charge in [0.15, 0.2) is 0 Å². The highest BCUT2D eigenvalue weighted by Gasteiger charge is 2.14. The molecule has 1 aliphatic rings. The van der Waals surface area contributed by atoms with Crippen LogP contribution in [0.15, 0.2) is 18.2 Å². The molecule has 17 heavy (non-hydrogen) atoms. The molecule has 92 valence electrons. The van der Waals surface area contributed by atoms with Gasteiger partial charge in [0.2, 0.25) is 5.91 Å². The lowest BCUT2D eigenvalue weighted by atomic mass is 9.99. The van der Waals surface area contributed by atoms with Crippen LogP contribution in [0.2, 0.25) is 0 Å². The monoisotopic (exact) mass is 234 g/mol. The van der Waals surface area contributed by atoms with E-state index >= 15 is 0 Å². The van der Waals surface area contributed by atoms with Gasteiger partial charge in [-0.25, -0.2) is 0 Å². The molecular formula is C13H18N2O2. The molecule has 0 aliphatic carbocycles. The molecule has 2 rings (SSSR count). The Balaban J connectivity index is 1.94. The van der Waals surface area contributed by atoms with E-state index in [1.165, 1.54) is 11.1 Å². The number of aliphatic hydroxyl groups is 1. The summed E-state index contributed by atoms with van der Waals surface area (Å²) in [6.45, 7) is 1.68. The van der Waals surface area contributed by atoms with E-state index in [0.717, 1.165) is 25.1 Å². The maximum Gasteiger partial charge on any atom is 0.224 e. The normalized spacial score (nSPS) is 14.3. The second kappa shape index (κ2) is 5.80. The Morgan fingerprint density at radius 3 is 3.00 bits per heavy atom. The molecule has 1 heterocycles. The maximum absolute atomic E-state index is 11.2. The van der Waals surface area contributed by atoms with Gasteiger partial charge in [0.1, 0.15) is 0 Å². The minimum atomic E-state index is 0.106. The third kappa shape index (κ3) is 3.28. The van der Waals surface area contributed by atoms with Crippen molar-refractivity contribution in [1.29, 1.82) is 0 Å². The van der Waals surface area contributed by atoms with Crippen LogP contribution in [0, 0.1) is 0 Å². The number of anilines is 1. The Labute approximate surface area is 101 Å². The van der Waals surface area contributed by atoms with Crippen molar-refractivity contribution in [3.63, 3.8) is 0 Å². The molecule has 0 atom stereocenters. The molecule has 0 radical (unpaired) electrons. The predicted octanol–water partition coefficient (Wildman–Crippen LogP) is 0.696. The van der Waals surface area contributed by atoms with Crippen LogP contribution in [-0.4, -0.2) is 30.7 Å². The van der Waals surface area contributed by atoms with Crippen LogP contribution in [0.25, 0.3) is 0 Å². The van der Waals surface area contributed by atoms with Crippen molar-refractivity contribution in [2.24, 2.45) is 0 Å². The van der Waals surface area contributed by atoms with E-state index in [1.54, 1.807) is 0 Å². The molecule has 3 N–H and O–H groups in total. The summed E-state index contributed by atoms with van der Waals surface area (Å²) in [5.74, 6) is 0.106. The zero-order valence-corrected chi connectivity index (χ0v) is 9.83. The molecule has 0 saturated carbocycles. The van der Waals surface area contributed by atoms with Crippen LogP contribution in [0.1, 0.15) is 17.5 Å². The van der Waals surface area contributed by atoms with Crippen molar-refractivity contribution in [3.8, 4) is 0 Å². The Morgan fingerprint density at radius 2 is 2.18 bits per heavy atom. The number of fused-ring (bicyclic) bond motifs is 1. The third-order valence-corrected chi connectivity index (χ3v) is 2.94. The van der Waals surface area contributed by atoms with Crippen LogP contribution in [0.3, 0.4) is 0 Å². The Hall–Kier alpha value is -1.39. The first-order valence-corrected chi connectivity index (χ1v) is 6.03. The largest absolute Gasteiger partial charge is 0.395 e. The summed E-state index contributed by atoms with van der Waals surface area (Å²) in [4.78, 5) is 11.2. The van der Waals surface area contributed by atoms with E-state index in [0.29, 0.717) is 13.0 Å². The topological polar surface area (TPSA) is 61.4 Å². The summed E-state index contributed by atoms with van der Waals surface area (Å²) in [7, 11) is 0. The van der Waals surface area contributed by atoms with E-state index in [2.05, 4.69) is 16.7 Å². The highest BCUT2D eigenvalue weighted by atomic mass is 16.3. The molecule has 1 amide bonds. The summed E-state index contributed by atoms with van der Waals surface area (Å²) in [5.41, 5.74) is 3.45. The zero-order chi connectivity index (χ0) is 12.1. The summed E-state index contributed by atoms with van der Waals surface area (Å²) >= 11 is 0. The van der Waals surface area contributed by atoms with Gasteiger partial charge in [0.25, 0.3) is 0 Å². The lowest BCUT2D eigenvalue weighted by Gasteiger charge is -2.17. The van der Waals surface area contributed by atoms with Gasteiger partial charge in [0.05, 0.1) is 6.61 Å². The van der Waals surface area contributed by atoms with Gasteiger partial charge in [-0.3, -0.25) is 4.79 Å². The number of benzene rings is 1. The Morgan fingerprint density at radius 1 is 1.29 bits per heavy atom. The molecular weight excluding hydrogens is 216 g/mol. The van der Waals surface area contributed by atoms with Crippen LogP contribution in [-0.2, 0) is 17.6 Å². The highest BCUT2D eigenvalue weighted by Crippen LogP contribution is 2.23. The minimum Gasteiger partial charge on any atom is -0.395 e. The molecule has 1 aromatic carbocycles. The van der Waals surface area contributed by atoms with Crippen molar-refractivity contribution >= 4 is 11.6 Å². The molecule has 1 aromatic rings. The number of hydrogen-bond donors (Lipinski definition) is 3. The quantitative estimate of drug-likeness (QED) is 0.657.